The Labute approximate surface area is 149 Å². The molecule has 3 heterocycles. The highest BCUT2D eigenvalue weighted by atomic mass is 16.5. The second kappa shape index (κ2) is 6.59. The van der Waals surface area contributed by atoms with Gasteiger partial charge in [0.1, 0.15) is 11.6 Å². The monoisotopic (exact) mass is 350 g/mol. The number of ether oxygens (including phenoxy) is 1. The molecule has 7 nitrogen and oxygen atoms in total. The van der Waals surface area contributed by atoms with Gasteiger partial charge in [0.15, 0.2) is 0 Å². The summed E-state index contributed by atoms with van der Waals surface area (Å²) in [6, 6.07) is 8.85. The second-order valence-electron chi connectivity index (χ2n) is 6.31. The van der Waals surface area contributed by atoms with Crippen molar-refractivity contribution in [2.75, 3.05) is 20.2 Å². The predicted molar refractivity (Wildman–Crippen MR) is 96.4 cm³/mol. The molecule has 0 spiro atoms. The summed E-state index contributed by atoms with van der Waals surface area (Å²) in [6.07, 6.45) is 3.89. The Hall–Kier alpha value is -3.22. The Balaban J connectivity index is 1.57. The number of benzene rings is 1. The number of rotatable bonds is 3. The number of nitrogens with one attached hydrogen (secondary N) is 1. The molecule has 1 atom stereocenters. The molecule has 1 unspecified atom stereocenters. The molecule has 1 amide bonds. The van der Waals surface area contributed by atoms with Gasteiger partial charge in [-0.25, -0.2) is 4.98 Å². The Kier molecular flexibility index (Phi) is 4.12. The van der Waals surface area contributed by atoms with Crippen molar-refractivity contribution >= 4 is 16.8 Å². The van der Waals surface area contributed by atoms with Crippen LogP contribution in [0, 0.1) is 0 Å². The molecule has 0 radical (unpaired) electrons. The molecule has 132 valence electrons. The minimum atomic E-state index is -0.198. The number of H-pyrrole nitrogens is 1. The fourth-order valence-corrected chi connectivity index (χ4v) is 3.30. The van der Waals surface area contributed by atoms with E-state index < -0.39 is 0 Å². The molecule has 2 aromatic heterocycles. The van der Waals surface area contributed by atoms with Gasteiger partial charge >= 0.3 is 0 Å². The third kappa shape index (κ3) is 2.92. The Morgan fingerprint density at radius 3 is 3.08 bits per heavy atom. The zero-order valence-electron chi connectivity index (χ0n) is 14.3. The summed E-state index contributed by atoms with van der Waals surface area (Å²) < 4.78 is 5.19. The summed E-state index contributed by atoms with van der Waals surface area (Å²) in [4.78, 5) is 38.1. The Morgan fingerprint density at radius 1 is 1.35 bits per heavy atom. The number of amides is 1. The predicted octanol–water partition coefficient (Wildman–Crippen LogP) is 1.96. The van der Waals surface area contributed by atoms with Crippen molar-refractivity contribution in [3.8, 4) is 5.75 Å². The highest BCUT2D eigenvalue weighted by molar-refractivity contribution is 5.94. The van der Waals surface area contributed by atoms with Gasteiger partial charge in [-0.2, -0.15) is 0 Å². The Morgan fingerprint density at radius 2 is 2.23 bits per heavy atom. The van der Waals surface area contributed by atoms with Crippen LogP contribution in [0.4, 0.5) is 0 Å². The van der Waals surface area contributed by atoms with E-state index in [1.54, 1.807) is 42.5 Å². The van der Waals surface area contributed by atoms with Crippen molar-refractivity contribution < 1.29 is 9.53 Å². The van der Waals surface area contributed by atoms with E-state index >= 15 is 0 Å². The van der Waals surface area contributed by atoms with Crippen molar-refractivity contribution in [3.05, 3.63) is 64.5 Å². The summed E-state index contributed by atoms with van der Waals surface area (Å²) in [7, 11) is 1.58. The maximum absolute atomic E-state index is 12.7. The fourth-order valence-electron chi connectivity index (χ4n) is 3.30. The van der Waals surface area contributed by atoms with Gasteiger partial charge in [-0.3, -0.25) is 14.6 Å². The summed E-state index contributed by atoms with van der Waals surface area (Å²) >= 11 is 0. The first-order valence-electron chi connectivity index (χ1n) is 8.43. The first-order valence-corrected chi connectivity index (χ1v) is 8.43. The molecule has 1 aliphatic rings. The topological polar surface area (TPSA) is 88.2 Å². The average molecular weight is 350 g/mol. The number of hydrogen-bond acceptors (Lipinski definition) is 5. The zero-order chi connectivity index (χ0) is 18.1. The maximum atomic E-state index is 12.7. The van der Waals surface area contributed by atoms with E-state index in [2.05, 4.69) is 15.0 Å². The molecule has 3 aromatic rings. The molecule has 0 saturated carbocycles. The normalized spacial score (nSPS) is 16.8. The van der Waals surface area contributed by atoms with E-state index in [0.717, 1.165) is 6.42 Å². The minimum Gasteiger partial charge on any atom is -0.497 e. The van der Waals surface area contributed by atoms with Crippen molar-refractivity contribution in [2.24, 2.45) is 0 Å². The van der Waals surface area contributed by atoms with Gasteiger partial charge in [-0.05, 0) is 30.7 Å². The number of aromatic amines is 1. The van der Waals surface area contributed by atoms with E-state index in [0.29, 0.717) is 41.1 Å². The van der Waals surface area contributed by atoms with Crippen LogP contribution in [-0.4, -0.2) is 46.0 Å². The summed E-state index contributed by atoms with van der Waals surface area (Å²) in [5.74, 6) is 1.24. The molecule has 1 saturated heterocycles. The maximum Gasteiger partial charge on any atom is 0.260 e. The lowest BCUT2D eigenvalue weighted by atomic mass is 10.1. The molecule has 7 heteroatoms. The van der Waals surface area contributed by atoms with Crippen molar-refractivity contribution in [3.63, 3.8) is 0 Å². The third-order valence-electron chi connectivity index (χ3n) is 4.70. The first-order chi connectivity index (χ1) is 12.7. The van der Waals surface area contributed by atoms with E-state index in [4.69, 9.17) is 4.74 Å². The van der Waals surface area contributed by atoms with Crippen LogP contribution in [0.3, 0.4) is 0 Å². The van der Waals surface area contributed by atoms with Gasteiger partial charge in [0.2, 0.25) is 0 Å². The van der Waals surface area contributed by atoms with Crippen LogP contribution >= 0.6 is 0 Å². The van der Waals surface area contributed by atoms with Crippen LogP contribution in [0.15, 0.2) is 47.5 Å². The molecule has 26 heavy (non-hydrogen) atoms. The number of carbonyl (C=O) groups excluding carboxylic acids is 1. The molecule has 1 N–H and O–H groups in total. The molecular formula is C19H18N4O3. The number of hydrogen-bond donors (Lipinski definition) is 1. The van der Waals surface area contributed by atoms with Gasteiger partial charge < -0.3 is 14.6 Å². The van der Waals surface area contributed by atoms with Gasteiger partial charge in [0, 0.05) is 37.0 Å². The molecular weight excluding hydrogens is 332 g/mol. The lowest BCUT2D eigenvalue weighted by Crippen LogP contribution is -2.28. The van der Waals surface area contributed by atoms with Crippen molar-refractivity contribution in [1.82, 2.24) is 19.9 Å². The first kappa shape index (κ1) is 16.3. The summed E-state index contributed by atoms with van der Waals surface area (Å²) in [5.41, 5.74) is 1.02. The molecule has 1 aromatic carbocycles. The number of nitrogens with zero attached hydrogens (tertiary/aromatic N) is 3. The van der Waals surface area contributed by atoms with Crippen LogP contribution in [-0.2, 0) is 0 Å². The summed E-state index contributed by atoms with van der Waals surface area (Å²) in [5, 5.41) is 0.471. The van der Waals surface area contributed by atoms with Gasteiger partial charge in [-0.15, -0.1) is 0 Å². The number of fused-ring (bicyclic) bond motifs is 1. The van der Waals surface area contributed by atoms with Crippen LogP contribution in [0.25, 0.3) is 10.9 Å². The van der Waals surface area contributed by atoms with Crippen LogP contribution in [0.1, 0.15) is 28.5 Å². The lowest BCUT2D eigenvalue weighted by Gasteiger charge is -2.17. The quantitative estimate of drug-likeness (QED) is 0.780. The largest absolute Gasteiger partial charge is 0.497 e. The SMILES string of the molecule is COc1cccc(C(=O)N2CCC(c3nc4ccncc4c(=O)[nH]3)C2)c1. The van der Waals surface area contributed by atoms with Crippen molar-refractivity contribution in [1.29, 1.82) is 0 Å². The number of likely N-dealkylation sites (tertiary alicyclic amines) is 1. The van der Waals surface area contributed by atoms with Crippen LogP contribution in [0.2, 0.25) is 0 Å². The molecule has 1 fully saturated rings. The molecule has 0 aliphatic carbocycles. The highest BCUT2D eigenvalue weighted by Crippen LogP contribution is 2.26. The zero-order valence-corrected chi connectivity index (χ0v) is 14.3. The standard InChI is InChI=1S/C19H18N4O3/c1-26-14-4-2-3-12(9-14)19(25)23-8-6-13(11-23)17-21-16-5-7-20-10-15(16)18(24)22-17/h2-5,7,9-10,13H,6,8,11H2,1H3,(H,21,22,24). The van der Waals surface area contributed by atoms with E-state index in [1.165, 1.54) is 6.20 Å². The third-order valence-corrected chi connectivity index (χ3v) is 4.70. The van der Waals surface area contributed by atoms with Crippen LogP contribution in [0.5, 0.6) is 5.75 Å². The van der Waals surface area contributed by atoms with E-state index in [-0.39, 0.29) is 17.4 Å². The van der Waals surface area contributed by atoms with Gasteiger partial charge in [0.05, 0.1) is 18.0 Å². The van der Waals surface area contributed by atoms with Gasteiger partial charge in [-0.1, -0.05) is 6.07 Å². The smallest absolute Gasteiger partial charge is 0.260 e. The van der Waals surface area contributed by atoms with E-state index in [1.807, 2.05) is 6.07 Å². The van der Waals surface area contributed by atoms with E-state index in [9.17, 15) is 9.59 Å². The van der Waals surface area contributed by atoms with Crippen LogP contribution < -0.4 is 10.3 Å². The molecule has 0 bridgehead atoms. The molecule has 4 rings (SSSR count). The minimum absolute atomic E-state index is 0.00910. The number of carbonyl (C=O) groups is 1. The lowest BCUT2D eigenvalue weighted by molar-refractivity contribution is 0.0790. The fraction of sp³-hybridized carbons (Fsp3) is 0.263. The molecule has 1 aliphatic heterocycles. The summed E-state index contributed by atoms with van der Waals surface area (Å²) in [6.45, 7) is 1.15. The Bertz CT molecular complexity index is 1030. The number of pyridine rings is 1. The van der Waals surface area contributed by atoms with Crippen molar-refractivity contribution in [2.45, 2.75) is 12.3 Å². The van der Waals surface area contributed by atoms with Gasteiger partial charge in [0.25, 0.3) is 11.5 Å². The number of methoxy groups -OCH3 is 1. The average Bonchev–Trinajstić information content (AvgIpc) is 3.17. The highest BCUT2D eigenvalue weighted by Gasteiger charge is 2.29. The second-order valence-corrected chi connectivity index (χ2v) is 6.31. The number of aromatic nitrogens is 3.